The average Bonchev–Trinajstić information content (AvgIpc) is 2.82. The van der Waals surface area contributed by atoms with Crippen LogP contribution in [0.25, 0.3) is 0 Å². The molecular weight excluding hydrogens is 250 g/mol. The fourth-order valence-electron chi connectivity index (χ4n) is 3.07. The lowest BCUT2D eigenvalue weighted by Crippen LogP contribution is -2.39. The lowest BCUT2D eigenvalue weighted by atomic mass is 10.1. The summed E-state index contributed by atoms with van der Waals surface area (Å²) in [7, 11) is 2.04. The zero-order valence-electron chi connectivity index (χ0n) is 12.7. The number of likely N-dealkylation sites (N-methyl/N-ethyl adjacent to an activating group) is 2. The van der Waals surface area contributed by atoms with Crippen molar-refractivity contribution in [2.24, 2.45) is 0 Å². The van der Waals surface area contributed by atoms with Crippen LogP contribution in [-0.4, -0.2) is 42.4 Å². The normalized spacial score (nSPS) is 17.3. The molecule has 1 aromatic carbocycles. The van der Waals surface area contributed by atoms with Crippen molar-refractivity contribution in [3.05, 3.63) is 29.3 Å². The van der Waals surface area contributed by atoms with Gasteiger partial charge in [0.1, 0.15) is 0 Å². The Kier molecular flexibility index (Phi) is 4.65. The number of nitrogen functional groups attached to an aromatic ring is 1. The highest BCUT2D eigenvalue weighted by atomic mass is 16.2. The predicted molar refractivity (Wildman–Crippen MR) is 82.5 cm³/mol. The van der Waals surface area contributed by atoms with E-state index in [-0.39, 0.29) is 5.91 Å². The maximum atomic E-state index is 12.2. The molecule has 1 aromatic rings. The fourth-order valence-corrected chi connectivity index (χ4v) is 3.07. The van der Waals surface area contributed by atoms with Gasteiger partial charge in [-0.1, -0.05) is 6.07 Å². The van der Waals surface area contributed by atoms with Crippen molar-refractivity contribution in [2.45, 2.75) is 32.7 Å². The first-order valence-corrected chi connectivity index (χ1v) is 7.43. The van der Waals surface area contributed by atoms with E-state index < -0.39 is 0 Å². The molecule has 0 aliphatic heterocycles. The molecule has 0 spiro atoms. The Morgan fingerprint density at radius 1 is 1.35 bits per heavy atom. The number of benzene rings is 1. The van der Waals surface area contributed by atoms with E-state index in [1.807, 2.05) is 31.9 Å². The molecule has 2 N–H and O–H groups in total. The van der Waals surface area contributed by atoms with Gasteiger partial charge in [-0.15, -0.1) is 0 Å². The number of fused-ring (bicyclic) bond motifs is 1. The smallest absolute Gasteiger partial charge is 0.236 e. The Labute approximate surface area is 121 Å². The molecular formula is C16H25N3O. The number of hydrogen-bond acceptors (Lipinski definition) is 3. The van der Waals surface area contributed by atoms with Crippen molar-refractivity contribution in [2.75, 3.05) is 32.4 Å². The first-order valence-electron chi connectivity index (χ1n) is 7.43. The van der Waals surface area contributed by atoms with E-state index >= 15 is 0 Å². The van der Waals surface area contributed by atoms with Crippen molar-refractivity contribution in [1.29, 1.82) is 0 Å². The summed E-state index contributed by atoms with van der Waals surface area (Å²) in [5.41, 5.74) is 9.32. The Morgan fingerprint density at radius 3 is 2.70 bits per heavy atom. The van der Waals surface area contributed by atoms with Crippen LogP contribution < -0.4 is 5.73 Å². The quantitative estimate of drug-likeness (QED) is 0.837. The van der Waals surface area contributed by atoms with Crippen LogP contribution in [0.5, 0.6) is 0 Å². The molecule has 110 valence electrons. The van der Waals surface area contributed by atoms with Gasteiger partial charge in [0.15, 0.2) is 0 Å². The van der Waals surface area contributed by atoms with Crippen molar-refractivity contribution in [1.82, 2.24) is 9.80 Å². The third-order valence-electron chi connectivity index (χ3n) is 4.25. The van der Waals surface area contributed by atoms with E-state index in [0.29, 0.717) is 12.6 Å². The van der Waals surface area contributed by atoms with Crippen LogP contribution >= 0.6 is 0 Å². The number of carbonyl (C=O) groups is 1. The Morgan fingerprint density at radius 2 is 2.05 bits per heavy atom. The molecule has 0 bridgehead atoms. The number of aryl methyl sites for hydroxylation is 1. The highest BCUT2D eigenvalue weighted by Gasteiger charge is 2.27. The minimum absolute atomic E-state index is 0.210. The number of hydrogen-bond donors (Lipinski definition) is 1. The largest absolute Gasteiger partial charge is 0.399 e. The van der Waals surface area contributed by atoms with Crippen LogP contribution in [0.15, 0.2) is 18.2 Å². The Balaban J connectivity index is 2.05. The number of nitrogens with zero attached hydrogens (tertiary/aromatic N) is 2. The van der Waals surface area contributed by atoms with Crippen LogP contribution in [0, 0.1) is 0 Å². The minimum Gasteiger partial charge on any atom is -0.399 e. The van der Waals surface area contributed by atoms with E-state index in [9.17, 15) is 4.79 Å². The standard InChI is InChI=1S/C16H25N3O/c1-4-19(5-2)16(20)11-18(3)15-9-6-12-10-13(17)7-8-14(12)15/h7-8,10,15H,4-6,9,11,17H2,1-3H3. The summed E-state index contributed by atoms with van der Waals surface area (Å²) in [4.78, 5) is 16.3. The molecule has 0 saturated carbocycles. The van der Waals surface area contributed by atoms with Gasteiger partial charge in [-0.3, -0.25) is 9.69 Å². The number of anilines is 1. The van der Waals surface area contributed by atoms with Gasteiger partial charge in [0, 0.05) is 24.8 Å². The second-order valence-corrected chi connectivity index (χ2v) is 5.49. The SMILES string of the molecule is CCN(CC)C(=O)CN(C)C1CCc2cc(N)ccc21. The zero-order valence-corrected chi connectivity index (χ0v) is 12.7. The van der Waals surface area contributed by atoms with Gasteiger partial charge in [-0.2, -0.15) is 0 Å². The second kappa shape index (κ2) is 6.27. The molecule has 0 aromatic heterocycles. The van der Waals surface area contributed by atoms with Crippen LogP contribution in [0.1, 0.15) is 37.4 Å². The molecule has 4 nitrogen and oxygen atoms in total. The summed E-state index contributed by atoms with van der Waals surface area (Å²) in [5.74, 6) is 0.210. The summed E-state index contributed by atoms with van der Waals surface area (Å²) in [6, 6.07) is 6.47. The van der Waals surface area contributed by atoms with E-state index in [4.69, 9.17) is 5.73 Å². The number of carbonyl (C=O) groups excluding carboxylic acids is 1. The van der Waals surface area contributed by atoms with Crippen LogP contribution in [0.4, 0.5) is 5.69 Å². The Bertz CT molecular complexity index is 483. The average molecular weight is 275 g/mol. The first-order chi connectivity index (χ1) is 9.56. The van der Waals surface area contributed by atoms with Gasteiger partial charge in [0.05, 0.1) is 6.54 Å². The summed E-state index contributed by atoms with van der Waals surface area (Å²) >= 11 is 0. The fraction of sp³-hybridized carbons (Fsp3) is 0.562. The molecule has 0 heterocycles. The van der Waals surface area contributed by atoms with E-state index in [0.717, 1.165) is 31.6 Å². The summed E-state index contributed by atoms with van der Waals surface area (Å²) in [5, 5.41) is 0. The van der Waals surface area contributed by atoms with Gasteiger partial charge in [0.25, 0.3) is 0 Å². The maximum absolute atomic E-state index is 12.2. The van der Waals surface area contributed by atoms with Crippen LogP contribution in [0.2, 0.25) is 0 Å². The number of amides is 1. The Hall–Kier alpha value is -1.55. The lowest BCUT2D eigenvalue weighted by molar-refractivity contribution is -0.132. The molecule has 1 unspecified atom stereocenters. The minimum atomic E-state index is 0.210. The van der Waals surface area contributed by atoms with E-state index in [2.05, 4.69) is 17.0 Å². The van der Waals surface area contributed by atoms with Crippen molar-refractivity contribution >= 4 is 11.6 Å². The number of rotatable bonds is 5. The van der Waals surface area contributed by atoms with Crippen LogP contribution in [0.3, 0.4) is 0 Å². The predicted octanol–water partition coefficient (Wildman–Crippen LogP) is 2.06. The second-order valence-electron chi connectivity index (χ2n) is 5.49. The van der Waals surface area contributed by atoms with Crippen LogP contribution in [-0.2, 0) is 11.2 Å². The third-order valence-corrected chi connectivity index (χ3v) is 4.25. The molecule has 1 atom stereocenters. The topological polar surface area (TPSA) is 49.6 Å². The first kappa shape index (κ1) is 14.9. The van der Waals surface area contributed by atoms with Gasteiger partial charge >= 0.3 is 0 Å². The third kappa shape index (κ3) is 2.96. The maximum Gasteiger partial charge on any atom is 0.236 e. The molecule has 1 amide bonds. The van der Waals surface area contributed by atoms with Crippen molar-refractivity contribution in [3.63, 3.8) is 0 Å². The highest BCUT2D eigenvalue weighted by molar-refractivity contribution is 5.78. The molecule has 1 aliphatic rings. The van der Waals surface area contributed by atoms with Gasteiger partial charge < -0.3 is 10.6 Å². The molecule has 0 saturated heterocycles. The van der Waals surface area contributed by atoms with Crippen molar-refractivity contribution in [3.8, 4) is 0 Å². The summed E-state index contributed by atoms with van der Waals surface area (Å²) < 4.78 is 0. The molecule has 4 heteroatoms. The lowest BCUT2D eigenvalue weighted by Gasteiger charge is -2.27. The molecule has 0 fully saturated rings. The zero-order chi connectivity index (χ0) is 14.7. The van der Waals surface area contributed by atoms with E-state index in [1.54, 1.807) is 0 Å². The molecule has 0 radical (unpaired) electrons. The van der Waals surface area contributed by atoms with Crippen molar-refractivity contribution < 1.29 is 4.79 Å². The molecule has 20 heavy (non-hydrogen) atoms. The monoisotopic (exact) mass is 275 g/mol. The van der Waals surface area contributed by atoms with Gasteiger partial charge in [0.2, 0.25) is 5.91 Å². The summed E-state index contributed by atoms with van der Waals surface area (Å²) in [6.07, 6.45) is 2.12. The summed E-state index contributed by atoms with van der Waals surface area (Å²) in [6.45, 7) is 6.09. The number of nitrogens with two attached hydrogens (primary N) is 1. The molecule has 1 aliphatic carbocycles. The highest BCUT2D eigenvalue weighted by Crippen LogP contribution is 2.35. The van der Waals surface area contributed by atoms with Gasteiger partial charge in [-0.05, 0) is 57.0 Å². The van der Waals surface area contributed by atoms with Gasteiger partial charge in [-0.25, -0.2) is 0 Å². The molecule has 2 rings (SSSR count). The van der Waals surface area contributed by atoms with E-state index in [1.165, 1.54) is 11.1 Å².